The van der Waals surface area contributed by atoms with Crippen LogP contribution in [-0.2, 0) is 4.79 Å². The van der Waals surface area contributed by atoms with Gasteiger partial charge >= 0.3 is 0 Å². The minimum absolute atomic E-state index is 0.164. The average Bonchev–Trinajstić information content (AvgIpc) is 2.66. The summed E-state index contributed by atoms with van der Waals surface area (Å²) in [4.78, 5) is 12.0. The third kappa shape index (κ3) is 13.9. The normalized spacial score (nSPS) is 20.2. The Morgan fingerprint density at radius 2 is 1.41 bits per heavy atom. The van der Waals surface area contributed by atoms with Crippen LogP contribution >= 0.6 is 0 Å². The number of hydrogen-bond acceptors (Lipinski definition) is 2. The van der Waals surface area contributed by atoms with Crippen molar-refractivity contribution in [3.8, 4) is 0 Å². The molecule has 3 heteroatoms. The molecule has 27 heavy (non-hydrogen) atoms. The van der Waals surface area contributed by atoms with Crippen LogP contribution in [0.4, 0.5) is 0 Å². The minimum Gasteiger partial charge on any atom is -0.352 e. The lowest BCUT2D eigenvalue weighted by atomic mass is 9.91. The highest BCUT2D eigenvalue weighted by Crippen LogP contribution is 2.17. The highest BCUT2D eigenvalue weighted by Gasteiger charge is 2.22. The van der Waals surface area contributed by atoms with Crippen molar-refractivity contribution in [1.82, 2.24) is 5.32 Å². The molecule has 0 radical (unpaired) electrons. The number of carbonyl (C=O) groups is 1. The molecule has 0 saturated heterocycles. The Morgan fingerprint density at radius 1 is 0.852 bits per heavy atom. The molecule has 3 N–H and O–H groups in total. The summed E-state index contributed by atoms with van der Waals surface area (Å²) in [5.74, 6) is 0.204. The van der Waals surface area contributed by atoms with Gasteiger partial charge in [0.1, 0.15) is 0 Å². The summed E-state index contributed by atoms with van der Waals surface area (Å²) in [6.45, 7) is 2.27. The summed E-state index contributed by atoms with van der Waals surface area (Å²) in [5.41, 5.74) is 6.09. The molecule has 0 aromatic heterocycles. The second-order valence-electron chi connectivity index (χ2n) is 8.46. The lowest BCUT2D eigenvalue weighted by molar-refractivity contribution is -0.122. The van der Waals surface area contributed by atoms with Crippen molar-refractivity contribution >= 4 is 5.91 Å². The fourth-order valence-electron chi connectivity index (χ4n) is 3.97. The zero-order valence-electron chi connectivity index (χ0n) is 18.0. The van der Waals surface area contributed by atoms with E-state index in [2.05, 4.69) is 24.4 Å². The second-order valence-corrected chi connectivity index (χ2v) is 8.46. The summed E-state index contributed by atoms with van der Waals surface area (Å²) < 4.78 is 0. The fraction of sp³-hybridized carbons (Fsp3) is 0.875. The standard InChI is InChI=1S/C24H46N2O/c1-2-3-4-5-6-7-8-9-10-11-12-13-14-15-16-21-24(27)26-23-20-18-17-19-22(23)25/h9-10,22-23H,2-8,11-21,25H2,1H3,(H,26,27)/b10-9-/t22-,23-/m1/s1. The Labute approximate surface area is 168 Å². The van der Waals surface area contributed by atoms with E-state index in [9.17, 15) is 4.79 Å². The SMILES string of the molecule is CCCCCCCC/C=C\CCCCCCCC(=O)N[C@@H]1CCCC[C@H]1N. The van der Waals surface area contributed by atoms with Gasteiger partial charge in [-0.25, -0.2) is 0 Å². The Morgan fingerprint density at radius 3 is 2.04 bits per heavy atom. The van der Waals surface area contributed by atoms with Crippen LogP contribution in [0.15, 0.2) is 12.2 Å². The van der Waals surface area contributed by atoms with Gasteiger partial charge in [0.2, 0.25) is 5.91 Å². The van der Waals surface area contributed by atoms with Crippen LogP contribution < -0.4 is 11.1 Å². The van der Waals surface area contributed by atoms with Gasteiger partial charge in [0, 0.05) is 18.5 Å². The molecule has 0 heterocycles. The van der Waals surface area contributed by atoms with Crippen molar-refractivity contribution in [2.45, 2.75) is 135 Å². The van der Waals surface area contributed by atoms with Gasteiger partial charge < -0.3 is 11.1 Å². The minimum atomic E-state index is 0.164. The smallest absolute Gasteiger partial charge is 0.220 e. The Balaban J connectivity index is 1.83. The van der Waals surface area contributed by atoms with Gasteiger partial charge in [-0.05, 0) is 44.9 Å². The zero-order chi connectivity index (χ0) is 19.6. The van der Waals surface area contributed by atoms with Gasteiger partial charge in [-0.3, -0.25) is 4.79 Å². The van der Waals surface area contributed by atoms with Gasteiger partial charge in [-0.1, -0.05) is 83.3 Å². The molecule has 0 aromatic carbocycles. The average molecular weight is 379 g/mol. The maximum atomic E-state index is 12.0. The molecule has 0 unspecified atom stereocenters. The van der Waals surface area contributed by atoms with E-state index in [1.54, 1.807) is 0 Å². The molecule has 0 bridgehead atoms. The summed E-state index contributed by atoms with van der Waals surface area (Å²) in [5, 5.41) is 3.15. The predicted molar refractivity (Wildman–Crippen MR) is 118 cm³/mol. The maximum Gasteiger partial charge on any atom is 0.220 e. The van der Waals surface area contributed by atoms with Crippen LogP contribution in [-0.4, -0.2) is 18.0 Å². The summed E-state index contributed by atoms with van der Waals surface area (Å²) in [7, 11) is 0. The molecule has 1 amide bonds. The molecule has 1 aliphatic carbocycles. The topological polar surface area (TPSA) is 55.1 Å². The van der Waals surface area contributed by atoms with Crippen LogP contribution in [0.5, 0.6) is 0 Å². The Bertz CT molecular complexity index is 381. The van der Waals surface area contributed by atoms with Gasteiger partial charge in [0.15, 0.2) is 0 Å². The van der Waals surface area contributed by atoms with Crippen molar-refractivity contribution in [2.75, 3.05) is 0 Å². The maximum absolute atomic E-state index is 12.0. The number of hydrogen-bond donors (Lipinski definition) is 2. The monoisotopic (exact) mass is 378 g/mol. The van der Waals surface area contributed by atoms with E-state index in [4.69, 9.17) is 5.73 Å². The van der Waals surface area contributed by atoms with Crippen molar-refractivity contribution in [2.24, 2.45) is 5.73 Å². The quantitative estimate of drug-likeness (QED) is 0.241. The van der Waals surface area contributed by atoms with E-state index in [0.717, 1.165) is 19.3 Å². The molecular weight excluding hydrogens is 332 g/mol. The van der Waals surface area contributed by atoms with Gasteiger partial charge in [-0.2, -0.15) is 0 Å². The zero-order valence-corrected chi connectivity index (χ0v) is 18.0. The first-order chi connectivity index (χ1) is 13.2. The molecule has 3 nitrogen and oxygen atoms in total. The lowest BCUT2D eigenvalue weighted by Crippen LogP contribution is -2.49. The lowest BCUT2D eigenvalue weighted by Gasteiger charge is -2.29. The summed E-state index contributed by atoms with van der Waals surface area (Å²) in [6.07, 6.45) is 26.7. The molecule has 1 aliphatic rings. The van der Waals surface area contributed by atoms with Crippen LogP contribution in [0.1, 0.15) is 122 Å². The molecule has 0 aromatic rings. The summed E-state index contributed by atoms with van der Waals surface area (Å²) in [6, 6.07) is 0.381. The number of amides is 1. The Kier molecular flexibility index (Phi) is 15.5. The van der Waals surface area contributed by atoms with Crippen LogP contribution in [0.2, 0.25) is 0 Å². The molecule has 1 rings (SSSR count). The second kappa shape index (κ2) is 17.3. The third-order valence-electron chi connectivity index (χ3n) is 5.83. The van der Waals surface area contributed by atoms with Crippen LogP contribution in [0.3, 0.4) is 0 Å². The van der Waals surface area contributed by atoms with Crippen molar-refractivity contribution in [3.05, 3.63) is 12.2 Å². The number of rotatable bonds is 16. The van der Waals surface area contributed by atoms with E-state index in [0.29, 0.717) is 6.42 Å². The fourth-order valence-corrected chi connectivity index (χ4v) is 3.97. The van der Waals surface area contributed by atoms with E-state index in [1.807, 2.05) is 0 Å². The van der Waals surface area contributed by atoms with Crippen LogP contribution in [0.25, 0.3) is 0 Å². The van der Waals surface area contributed by atoms with Crippen molar-refractivity contribution < 1.29 is 4.79 Å². The van der Waals surface area contributed by atoms with E-state index in [-0.39, 0.29) is 18.0 Å². The third-order valence-corrected chi connectivity index (χ3v) is 5.83. The number of nitrogens with one attached hydrogen (secondary N) is 1. The van der Waals surface area contributed by atoms with Gasteiger partial charge in [0.05, 0.1) is 0 Å². The molecular formula is C24H46N2O. The Hall–Kier alpha value is -0.830. The number of nitrogens with two attached hydrogens (primary N) is 1. The molecule has 0 aliphatic heterocycles. The molecule has 158 valence electrons. The van der Waals surface area contributed by atoms with E-state index >= 15 is 0 Å². The molecule has 1 saturated carbocycles. The van der Waals surface area contributed by atoms with Gasteiger partial charge in [0.25, 0.3) is 0 Å². The number of unbranched alkanes of at least 4 members (excludes halogenated alkanes) is 11. The highest BCUT2D eigenvalue weighted by molar-refractivity contribution is 5.76. The van der Waals surface area contributed by atoms with Gasteiger partial charge in [-0.15, -0.1) is 0 Å². The molecule has 0 spiro atoms. The number of carbonyl (C=O) groups excluding carboxylic acids is 1. The molecule has 1 fully saturated rings. The summed E-state index contributed by atoms with van der Waals surface area (Å²) >= 11 is 0. The predicted octanol–water partition coefficient (Wildman–Crippen LogP) is 6.41. The molecule has 2 atom stereocenters. The van der Waals surface area contributed by atoms with Crippen LogP contribution in [0, 0.1) is 0 Å². The first-order valence-electron chi connectivity index (χ1n) is 11.9. The largest absolute Gasteiger partial charge is 0.352 e. The first-order valence-corrected chi connectivity index (χ1v) is 11.9. The van der Waals surface area contributed by atoms with E-state index < -0.39 is 0 Å². The number of allylic oxidation sites excluding steroid dienone is 2. The van der Waals surface area contributed by atoms with Crippen molar-refractivity contribution in [3.63, 3.8) is 0 Å². The highest BCUT2D eigenvalue weighted by atomic mass is 16.1. The van der Waals surface area contributed by atoms with E-state index in [1.165, 1.54) is 89.9 Å². The first kappa shape index (κ1) is 24.2. The van der Waals surface area contributed by atoms with Crippen molar-refractivity contribution in [1.29, 1.82) is 0 Å².